The molecule has 1 aliphatic rings. The van der Waals surface area contributed by atoms with Crippen molar-refractivity contribution in [1.29, 1.82) is 0 Å². The van der Waals surface area contributed by atoms with Gasteiger partial charge in [-0.05, 0) is 18.9 Å². The summed E-state index contributed by atoms with van der Waals surface area (Å²) in [5.41, 5.74) is 0. The Kier molecular flexibility index (Phi) is 4.12. The molecule has 0 unspecified atom stereocenters. The van der Waals surface area contributed by atoms with E-state index in [-0.39, 0.29) is 6.61 Å². The lowest BCUT2D eigenvalue weighted by Gasteiger charge is -2.20. The summed E-state index contributed by atoms with van der Waals surface area (Å²) in [6.07, 6.45) is 2.18. The fraction of sp³-hybridized carbons (Fsp3) is 0.833. The number of hydrogen-bond acceptors (Lipinski definition) is 4. The zero-order valence-electron chi connectivity index (χ0n) is 10.8. The maximum Gasteiger partial charge on any atom is 0.158 e. The van der Waals surface area contributed by atoms with E-state index < -0.39 is 0 Å². The van der Waals surface area contributed by atoms with E-state index in [1.165, 1.54) is 6.42 Å². The predicted octanol–water partition coefficient (Wildman–Crippen LogP) is 0.675. The molecule has 0 saturated heterocycles. The number of nitrogens with zero attached hydrogens (tertiary/aromatic N) is 4. The van der Waals surface area contributed by atoms with Crippen LogP contribution in [0.1, 0.15) is 31.9 Å². The van der Waals surface area contributed by atoms with Gasteiger partial charge in [0.15, 0.2) is 5.82 Å². The zero-order valence-corrected chi connectivity index (χ0v) is 10.8. The highest BCUT2D eigenvalue weighted by Crippen LogP contribution is 2.11. The van der Waals surface area contributed by atoms with Crippen LogP contribution in [0.25, 0.3) is 0 Å². The lowest BCUT2D eigenvalue weighted by molar-refractivity contribution is 0.249. The molecule has 5 heteroatoms. The van der Waals surface area contributed by atoms with Gasteiger partial charge in [0, 0.05) is 26.1 Å². The van der Waals surface area contributed by atoms with Crippen molar-refractivity contribution in [3.63, 3.8) is 0 Å². The van der Waals surface area contributed by atoms with Crippen LogP contribution >= 0.6 is 0 Å². The molecule has 5 nitrogen and oxygen atoms in total. The summed E-state index contributed by atoms with van der Waals surface area (Å²) in [6, 6.07) is 0. The molecular formula is C12H22N4O. The number of hydrogen-bond donors (Lipinski definition) is 1. The van der Waals surface area contributed by atoms with Crippen LogP contribution in [-0.2, 0) is 19.6 Å². The normalized spacial score (nSPS) is 17.2. The van der Waals surface area contributed by atoms with Gasteiger partial charge in [-0.25, -0.2) is 0 Å². The monoisotopic (exact) mass is 238 g/mol. The largest absolute Gasteiger partial charge is 0.388 e. The minimum Gasteiger partial charge on any atom is -0.388 e. The smallest absolute Gasteiger partial charge is 0.158 e. The second-order valence-electron chi connectivity index (χ2n) is 5.12. The van der Waals surface area contributed by atoms with Gasteiger partial charge < -0.3 is 14.6 Å². The second-order valence-corrected chi connectivity index (χ2v) is 5.12. The van der Waals surface area contributed by atoms with Crippen molar-refractivity contribution in [3.8, 4) is 0 Å². The Morgan fingerprint density at radius 1 is 1.24 bits per heavy atom. The summed E-state index contributed by atoms with van der Waals surface area (Å²) < 4.78 is 2.06. The summed E-state index contributed by atoms with van der Waals surface area (Å²) in [6.45, 7) is 8.65. The average molecular weight is 238 g/mol. The van der Waals surface area contributed by atoms with Crippen LogP contribution in [0.2, 0.25) is 0 Å². The summed E-state index contributed by atoms with van der Waals surface area (Å²) in [7, 11) is 0. The average Bonchev–Trinajstić information content (AvgIpc) is 2.59. The third-order valence-electron chi connectivity index (χ3n) is 3.36. The van der Waals surface area contributed by atoms with Gasteiger partial charge in [0.05, 0.1) is 0 Å². The fourth-order valence-electron chi connectivity index (χ4n) is 2.21. The van der Waals surface area contributed by atoms with Crippen molar-refractivity contribution in [3.05, 3.63) is 11.6 Å². The summed E-state index contributed by atoms with van der Waals surface area (Å²) in [4.78, 5) is 2.48. The lowest BCUT2D eigenvalue weighted by Crippen LogP contribution is -2.29. The molecule has 2 rings (SSSR count). The molecule has 1 aromatic heterocycles. The Morgan fingerprint density at radius 2 is 2.06 bits per heavy atom. The van der Waals surface area contributed by atoms with E-state index in [0.29, 0.717) is 5.82 Å². The number of aliphatic hydroxyl groups is 1. The number of rotatable bonds is 4. The van der Waals surface area contributed by atoms with Gasteiger partial charge in [-0.3, -0.25) is 0 Å². The van der Waals surface area contributed by atoms with E-state index in [0.717, 1.165) is 44.3 Å². The molecule has 0 aliphatic carbocycles. The molecule has 0 saturated carbocycles. The molecule has 17 heavy (non-hydrogen) atoms. The maximum atomic E-state index is 9.18. The van der Waals surface area contributed by atoms with Crippen LogP contribution in [-0.4, -0.2) is 44.4 Å². The van der Waals surface area contributed by atoms with E-state index >= 15 is 0 Å². The Bertz CT molecular complexity index is 361. The highest BCUT2D eigenvalue weighted by molar-refractivity contribution is 4.97. The summed E-state index contributed by atoms with van der Waals surface area (Å²) in [5, 5.41) is 17.3. The van der Waals surface area contributed by atoms with Gasteiger partial charge in [0.2, 0.25) is 0 Å². The Labute approximate surface area is 102 Å². The Morgan fingerprint density at radius 3 is 2.76 bits per heavy atom. The van der Waals surface area contributed by atoms with Crippen LogP contribution in [0.4, 0.5) is 0 Å². The van der Waals surface area contributed by atoms with Crippen molar-refractivity contribution < 1.29 is 5.11 Å². The number of fused-ring (bicyclic) bond motifs is 1. The molecule has 1 aliphatic heterocycles. The van der Waals surface area contributed by atoms with Crippen molar-refractivity contribution in [1.82, 2.24) is 19.7 Å². The standard InChI is InChI=1S/C12H22N4O/c1-10(2)3-5-15-6-4-11-13-14-12(9-17)16(11)8-7-15/h10,17H,3-9H2,1-2H3. The topological polar surface area (TPSA) is 54.2 Å². The number of aliphatic hydroxyl groups excluding tert-OH is 1. The maximum absolute atomic E-state index is 9.18. The van der Waals surface area contributed by atoms with Gasteiger partial charge in [-0.2, -0.15) is 0 Å². The fourth-order valence-corrected chi connectivity index (χ4v) is 2.21. The predicted molar refractivity (Wildman–Crippen MR) is 65.5 cm³/mol. The van der Waals surface area contributed by atoms with Crippen molar-refractivity contribution in [2.45, 2.75) is 39.8 Å². The van der Waals surface area contributed by atoms with Crippen molar-refractivity contribution >= 4 is 0 Å². The van der Waals surface area contributed by atoms with Crippen LogP contribution in [0.5, 0.6) is 0 Å². The van der Waals surface area contributed by atoms with E-state index in [1.54, 1.807) is 0 Å². The summed E-state index contributed by atoms with van der Waals surface area (Å²) >= 11 is 0. The first-order chi connectivity index (χ1) is 8.20. The Balaban J connectivity index is 1.94. The minimum atomic E-state index is -0.0149. The minimum absolute atomic E-state index is 0.0149. The molecule has 2 heterocycles. The highest BCUT2D eigenvalue weighted by atomic mass is 16.3. The van der Waals surface area contributed by atoms with Crippen LogP contribution in [0.3, 0.4) is 0 Å². The van der Waals surface area contributed by atoms with Crippen LogP contribution in [0.15, 0.2) is 0 Å². The first kappa shape index (κ1) is 12.5. The van der Waals surface area contributed by atoms with Gasteiger partial charge in [-0.15, -0.1) is 10.2 Å². The molecule has 0 bridgehead atoms. The van der Waals surface area contributed by atoms with Gasteiger partial charge in [0.1, 0.15) is 12.4 Å². The second kappa shape index (κ2) is 5.60. The van der Waals surface area contributed by atoms with Crippen molar-refractivity contribution in [2.75, 3.05) is 19.6 Å². The van der Waals surface area contributed by atoms with Crippen molar-refractivity contribution in [2.24, 2.45) is 5.92 Å². The van der Waals surface area contributed by atoms with Gasteiger partial charge >= 0.3 is 0 Å². The molecule has 1 N–H and O–H groups in total. The molecule has 0 spiro atoms. The summed E-state index contributed by atoms with van der Waals surface area (Å²) in [5.74, 6) is 2.47. The molecular weight excluding hydrogens is 216 g/mol. The molecule has 1 aromatic rings. The molecule has 0 radical (unpaired) electrons. The zero-order chi connectivity index (χ0) is 12.3. The highest BCUT2D eigenvalue weighted by Gasteiger charge is 2.17. The van der Waals surface area contributed by atoms with E-state index in [9.17, 15) is 5.11 Å². The number of aromatic nitrogens is 3. The van der Waals surface area contributed by atoms with Crippen LogP contribution in [0, 0.1) is 5.92 Å². The molecule has 0 atom stereocenters. The van der Waals surface area contributed by atoms with Gasteiger partial charge in [0.25, 0.3) is 0 Å². The van der Waals surface area contributed by atoms with E-state index in [1.807, 2.05) is 0 Å². The molecule has 0 fully saturated rings. The van der Waals surface area contributed by atoms with E-state index in [2.05, 4.69) is 33.5 Å². The molecule has 96 valence electrons. The first-order valence-corrected chi connectivity index (χ1v) is 6.45. The lowest BCUT2D eigenvalue weighted by atomic mass is 10.1. The first-order valence-electron chi connectivity index (χ1n) is 6.45. The Hall–Kier alpha value is -0.940. The molecule has 0 aromatic carbocycles. The molecule has 0 amide bonds. The third-order valence-corrected chi connectivity index (χ3v) is 3.36. The SMILES string of the molecule is CC(C)CCN1CCc2nnc(CO)n2CC1. The van der Waals surface area contributed by atoms with E-state index in [4.69, 9.17) is 0 Å². The van der Waals surface area contributed by atoms with Crippen LogP contribution < -0.4 is 0 Å². The van der Waals surface area contributed by atoms with Gasteiger partial charge in [-0.1, -0.05) is 13.8 Å². The third kappa shape index (κ3) is 3.04. The quantitative estimate of drug-likeness (QED) is 0.838.